The summed E-state index contributed by atoms with van der Waals surface area (Å²) in [7, 11) is 0. The first kappa shape index (κ1) is 19.1. The average molecular weight is 395 g/mol. The van der Waals surface area contributed by atoms with Crippen LogP contribution < -0.4 is 5.32 Å². The molecule has 5 nitrogen and oxygen atoms in total. The molecular weight excluding hydrogens is 368 g/mol. The number of aromatic nitrogens is 1. The Labute approximate surface area is 170 Å². The van der Waals surface area contributed by atoms with Crippen LogP contribution in [-0.2, 0) is 17.9 Å². The Balaban J connectivity index is 1.20. The van der Waals surface area contributed by atoms with Crippen molar-refractivity contribution >= 4 is 27.5 Å². The standard InChI is InChI=1S/C22H26N4OS/c1-17-6-8-18(9-7-17)14-23-21(27)15-25-10-12-26(13-11-25)16-22-24-19-4-2-3-5-20(19)28-22/h2-9H,10-16H2,1H3,(H,23,27). The lowest BCUT2D eigenvalue weighted by Crippen LogP contribution is -2.49. The highest BCUT2D eigenvalue weighted by atomic mass is 32.1. The zero-order chi connectivity index (χ0) is 19.3. The minimum Gasteiger partial charge on any atom is -0.351 e. The highest BCUT2D eigenvalue weighted by molar-refractivity contribution is 7.18. The molecule has 28 heavy (non-hydrogen) atoms. The second-order valence-electron chi connectivity index (χ2n) is 7.39. The van der Waals surface area contributed by atoms with E-state index >= 15 is 0 Å². The summed E-state index contributed by atoms with van der Waals surface area (Å²) in [5, 5.41) is 4.20. The van der Waals surface area contributed by atoms with Crippen molar-refractivity contribution in [1.29, 1.82) is 0 Å². The number of hydrogen-bond donors (Lipinski definition) is 1. The van der Waals surface area contributed by atoms with E-state index in [9.17, 15) is 4.79 Å². The van der Waals surface area contributed by atoms with Crippen LogP contribution in [0, 0.1) is 6.92 Å². The van der Waals surface area contributed by atoms with Gasteiger partial charge in [0.25, 0.3) is 0 Å². The maximum Gasteiger partial charge on any atom is 0.234 e. The first-order valence-electron chi connectivity index (χ1n) is 9.77. The van der Waals surface area contributed by atoms with Crippen molar-refractivity contribution in [2.75, 3.05) is 32.7 Å². The van der Waals surface area contributed by atoms with Crippen LogP contribution in [0.1, 0.15) is 16.1 Å². The van der Waals surface area contributed by atoms with Gasteiger partial charge in [-0.25, -0.2) is 4.98 Å². The van der Waals surface area contributed by atoms with Crippen molar-refractivity contribution in [3.05, 3.63) is 64.7 Å². The summed E-state index contributed by atoms with van der Waals surface area (Å²) < 4.78 is 1.25. The van der Waals surface area contributed by atoms with Gasteiger partial charge in [0.1, 0.15) is 5.01 Å². The van der Waals surface area contributed by atoms with Crippen molar-refractivity contribution in [1.82, 2.24) is 20.1 Å². The summed E-state index contributed by atoms with van der Waals surface area (Å²) in [4.78, 5) is 21.6. The molecule has 0 saturated carbocycles. The van der Waals surface area contributed by atoms with E-state index in [0.717, 1.165) is 43.8 Å². The number of nitrogens with zero attached hydrogens (tertiary/aromatic N) is 3. The maximum absolute atomic E-state index is 12.2. The number of rotatable bonds is 6. The van der Waals surface area contributed by atoms with Gasteiger partial charge in [0, 0.05) is 32.7 Å². The van der Waals surface area contributed by atoms with Crippen LogP contribution >= 0.6 is 11.3 Å². The highest BCUT2D eigenvalue weighted by Crippen LogP contribution is 2.22. The molecule has 0 aliphatic carbocycles. The Bertz CT molecular complexity index is 896. The Morgan fingerprint density at radius 2 is 1.75 bits per heavy atom. The van der Waals surface area contributed by atoms with Crippen LogP contribution in [0.15, 0.2) is 48.5 Å². The molecule has 0 bridgehead atoms. The molecule has 1 aliphatic rings. The zero-order valence-corrected chi connectivity index (χ0v) is 17.0. The van der Waals surface area contributed by atoms with E-state index in [1.165, 1.54) is 15.3 Å². The highest BCUT2D eigenvalue weighted by Gasteiger charge is 2.20. The number of benzene rings is 2. The van der Waals surface area contributed by atoms with Gasteiger partial charge in [0.2, 0.25) is 5.91 Å². The van der Waals surface area contributed by atoms with Crippen molar-refractivity contribution < 1.29 is 4.79 Å². The lowest BCUT2D eigenvalue weighted by molar-refractivity contribution is -0.122. The third-order valence-electron chi connectivity index (χ3n) is 5.14. The van der Waals surface area contributed by atoms with Crippen LogP contribution in [0.5, 0.6) is 0 Å². The molecule has 0 unspecified atom stereocenters. The summed E-state index contributed by atoms with van der Waals surface area (Å²) >= 11 is 1.78. The lowest BCUT2D eigenvalue weighted by Gasteiger charge is -2.33. The van der Waals surface area contributed by atoms with Crippen LogP contribution in [0.3, 0.4) is 0 Å². The minimum atomic E-state index is 0.0974. The molecule has 4 rings (SSSR count). The van der Waals surface area contributed by atoms with E-state index in [-0.39, 0.29) is 5.91 Å². The predicted octanol–water partition coefficient (Wildman–Crippen LogP) is 3.04. The molecule has 146 valence electrons. The molecule has 1 aliphatic heterocycles. The number of carbonyl (C=O) groups is 1. The van der Waals surface area contributed by atoms with Crippen LogP contribution in [0.25, 0.3) is 10.2 Å². The fourth-order valence-corrected chi connectivity index (χ4v) is 4.46. The monoisotopic (exact) mass is 394 g/mol. The third-order valence-corrected chi connectivity index (χ3v) is 6.16. The number of fused-ring (bicyclic) bond motifs is 1. The molecule has 1 fully saturated rings. The van der Waals surface area contributed by atoms with E-state index in [1.54, 1.807) is 11.3 Å². The van der Waals surface area contributed by atoms with Gasteiger partial charge in [-0.05, 0) is 24.6 Å². The first-order chi connectivity index (χ1) is 13.7. The fraction of sp³-hybridized carbons (Fsp3) is 0.364. The summed E-state index contributed by atoms with van der Waals surface area (Å²) in [6.07, 6.45) is 0. The zero-order valence-electron chi connectivity index (χ0n) is 16.2. The number of piperazine rings is 1. The SMILES string of the molecule is Cc1ccc(CNC(=O)CN2CCN(Cc3nc4ccccc4s3)CC2)cc1. The van der Waals surface area contributed by atoms with Crippen LogP contribution in [-0.4, -0.2) is 53.4 Å². The average Bonchev–Trinajstić information content (AvgIpc) is 3.11. The van der Waals surface area contributed by atoms with E-state index in [1.807, 2.05) is 6.07 Å². The molecule has 3 aromatic rings. The Hall–Kier alpha value is -2.28. The molecule has 1 amide bonds. The van der Waals surface area contributed by atoms with E-state index in [4.69, 9.17) is 4.98 Å². The number of carbonyl (C=O) groups excluding carboxylic acids is 1. The van der Waals surface area contributed by atoms with Crippen LogP contribution in [0.4, 0.5) is 0 Å². The van der Waals surface area contributed by atoms with Gasteiger partial charge in [0.05, 0.1) is 23.3 Å². The molecule has 2 heterocycles. The second-order valence-corrected chi connectivity index (χ2v) is 8.51. The number of aryl methyl sites for hydroxylation is 1. The van der Waals surface area contributed by atoms with Crippen molar-refractivity contribution in [3.8, 4) is 0 Å². The lowest BCUT2D eigenvalue weighted by atomic mass is 10.1. The van der Waals surface area contributed by atoms with Crippen molar-refractivity contribution in [2.45, 2.75) is 20.0 Å². The quantitative estimate of drug-likeness (QED) is 0.698. The van der Waals surface area contributed by atoms with Crippen molar-refractivity contribution in [2.24, 2.45) is 0 Å². The van der Waals surface area contributed by atoms with Crippen LogP contribution in [0.2, 0.25) is 0 Å². The van der Waals surface area contributed by atoms with Gasteiger partial charge < -0.3 is 5.32 Å². The number of amides is 1. The maximum atomic E-state index is 12.2. The van der Waals surface area contributed by atoms with Gasteiger partial charge in [-0.3, -0.25) is 14.6 Å². The van der Waals surface area contributed by atoms with Gasteiger partial charge in [0.15, 0.2) is 0 Å². The van der Waals surface area contributed by atoms with Gasteiger partial charge in [-0.1, -0.05) is 42.0 Å². The topological polar surface area (TPSA) is 48.5 Å². The van der Waals surface area contributed by atoms with Gasteiger partial charge in [-0.2, -0.15) is 0 Å². The summed E-state index contributed by atoms with van der Waals surface area (Å²) in [6.45, 7) is 7.82. The molecule has 0 radical (unpaired) electrons. The van der Waals surface area contributed by atoms with Gasteiger partial charge in [-0.15, -0.1) is 11.3 Å². The number of hydrogen-bond acceptors (Lipinski definition) is 5. The summed E-state index contributed by atoms with van der Waals surface area (Å²) in [6, 6.07) is 16.6. The van der Waals surface area contributed by atoms with E-state index < -0.39 is 0 Å². The number of para-hydroxylation sites is 1. The van der Waals surface area contributed by atoms with E-state index in [2.05, 4.69) is 64.5 Å². The molecule has 0 spiro atoms. The fourth-order valence-electron chi connectivity index (χ4n) is 3.45. The first-order valence-corrected chi connectivity index (χ1v) is 10.6. The third kappa shape index (κ3) is 4.95. The Morgan fingerprint density at radius 3 is 2.50 bits per heavy atom. The predicted molar refractivity (Wildman–Crippen MR) is 114 cm³/mol. The summed E-state index contributed by atoms with van der Waals surface area (Å²) in [5.41, 5.74) is 3.46. The molecule has 0 atom stereocenters. The minimum absolute atomic E-state index is 0.0974. The smallest absolute Gasteiger partial charge is 0.234 e. The normalized spacial score (nSPS) is 15.8. The largest absolute Gasteiger partial charge is 0.351 e. The number of thiazole rings is 1. The van der Waals surface area contributed by atoms with Crippen molar-refractivity contribution in [3.63, 3.8) is 0 Å². The molecule has 1 saturated heterocycles. The summed E-state index contributed by atoms with van der Waals surface area (Å²) in [5.74, 6) is 0.0974. The molecular formula is C22H26N4OS. The molecule has 6 heteroatoms. The molecule has 2 aromatic carbocycles. The van der Waals surface area contributed by atoms with Gasteiger partial charge >= 0.3 is 0 Å². The second kappa shape index (κ2) is 8.82. The molecule has 1 N–H and O–H groups in total. The molecule has 1 aromatic heterocycles. The number of nitrogens with one attached hydrogen (secondary N) is 1. The van der Waals surface area contributed by atoms with E-state index in [0.29, 0.717) is 13.1 Å². The Morgan fingerprint density at radius 1 is 1.04 bits per heavy atom. The Kier molecular flexibility index (Phi) is 6.00.